The number of phenols is 1. The van der Waals surface area contributed by atoms with E-state index < -0.39 is 27.3 Å². The van der Waals surface area contributed by atoms with Crippen molar-refractivity contribution < 1.29 is 23.4 Å². The predicted octanol–water partition coefficient (Wildman–Crippen LogP) is 4.23. The molecule has 2 aromatic carbocycles. The van der Waals surface area contributed by atoms with Gasteiger partial charge in [0, 0.05) is 11.4 Å². The van der Waals surface area contributed by atoms with Gasteiger partial charge in [0.1, 0.15) is 11.3 Å². The third-order valence-electron chi connectivity index (χ3n) is 4.25. The molecule has 0 spiro atoms. The van der Waals surface area contributed by atoms with Crippen LogP contribution >= 0.6 is 11.8 Å². The molecule has 0 bridgehead atoms. The maximum Gasteiger partial charge on any atom is 0.339 e. The van der Waals surface area contributed by atoms with Crippen LogP contribution in [0.1, 0.15) is 36.7 Å². The predicted molar refractivity (Wildman–Crippen MR) is 112 cm³/mol. The first-order valence-corrected chi connectivity index (χ1v) is 11.5. The molecule has 0 heterocycles. The molecule has 2 rings (SSSR count). The first-order valence-electron chi connectivity index (χ1n) is 8.87. The molecule has 2 aromatic rings. The minimum Gasteiger partial charge on any atom is -0.507 e. The van der Waals surface area contributed by atoms with Crippen LogP contribution in [0.25, 0.3) is 0 Å². The van der Waals surface area contributed by atoms with Crippen molar-refractivity contribution >= 4 is 33.4 Å². The number of carboxylic acids is 1. The maximum absolute atomic E-state index is 13.4. The lowest BCUT2D eigenvalue weighted by molar-refractivity contribution is 0.0693. The number of anilines is 1. The summed E-state index contributed by atoms with van der Waals surface area (Å²) in [5, 5.41) is 18.9. The topological polar surface area (TPSA) is 94.9 Å². The Morgan fingerprint density at radius 3 is 2.39 bits per heavy atom. The van der Waals surface area contributed by atoms with Crippen molar-refractivity contribution in [1.82, 2.24) is 0 Å². The summed E-state index contributed by atoms with van der Waals surface area (Å²) in [6, 6.07) is 8.98. The highest BCUT2D eigenvalue weighted by Crippen LogP contribution is 2.32. The summed E-state index contributed by atoms with van der Waals surface area (Å²) in [7, 11) is -4.02. The van der Waals surface area contributed by atoms with Crippen LogP contribution in [-0.4, -0.2) is 37.4 Å². The Morgan fingerprint density at radius 1 is 1.18 bits per heavy atom. The molecule has 0 aromatic heterocycles. The number of carbonyl (C=O) groups is 1. The van der Waals surface area contributed by atoms with Gasteiger partial charge in [0.15, 0.2) is 0 Å². The lowest BCUT2D eigenvalue weighted by Gasteiger charge is -2.28. The summed E-state index contributed by atoms with van der Waals surface area (Å²) >= 11 is 1.58. The molecule has 0 aliphatic rings. The van der Waals surface area contributed by atoms with Gasteiger partial charge in [-0.1, -0.05) is 20.8 Å². The molecule has 0 atom stereocenters. The van der Waals surface area contributed by atoms with Gasteiger partial charge in [0.2, 0.25) is 0 Å². The smallest absolute Gasteiger partial charge is 0.339 e. The number of aromatic hydroxyl groups is 1. The molecule has 0 fully saturated rings. The van der Waals surface area contributed by atoms with Crippen molar-refractivity contribution in [3.8, 4) is 5.75 Å². The quantitative estimate of drug-likeness (QED) is 0.617. The summed E-state index contributed by atoms with van der Waals surface area (Å²) in [5.74, 6) is -1.81. The van der Waals surface area contributed by atoms with Crippen LogP contribution in [0.15, 0.2) is 46.2 Å². The highest BCUT2D eigenvalue weighted by Gasteiger charge is 2.28. The molecule has 0 unspecified atom stereocenters. The fraction of sp³-hybridized carbons (Fsp3) is 0.350. The molecule has 2 N–H and O–H groups in total. The number of hydrogen-bond donors (Lipinski definition) is 2. The number of sulfonamides is 1. The number of benzene rings is 2. The number of aryl methyl sites for hydroxylation is 1. The highest BCUT2D eigenvalue weighted by atomic mass is 32.2. The van der Waals surface area contributed by atoms with E-state index in [0.29, 0.717) is 12.1 Å². The zero-order valence-corrected chi connectivity index (χ0v) is 18.0. The van der Waals surface area contributed by atoms with E-state index in [4.69, 9.17) is 0 Å². The Bertz CT molecular complexity index is 971. The molecule has 6 nitrogen and oxygen atoms in total. The average molecular weight is 424 g/mol. The largest absolute Gasteiger partial charge is 0.507 e. The van der Waals surface area contributed by atoms with Crippen LogP contribution in [0, 0.1) is 5.92 Å². The number of thioether (sulfide) groups is 1. The minimum atomic E-state index is -4.02. The fourth-order valence-electron chi connectivity index (χ4n) is 2.85. The molecule has 0 aliphatic carbocycles. The molecular formula is C20H25NO5S2. The second kappa shape index (κ2) is 8.87. The first-order chi connectivity index (χ1) is 13.1. The molecule has 8 heteroatoms. The van der Waals surface area contributed by atoms with E-state index in [0.717, 1.165) is 22.6 Å². The van der Waals surface area contributed by atoms with Gasteiger partial charge in [0.25, 0.3) is 10.0 Å². The molecule has 0 radical (unpaired) electrons. The van der Waals surface area contributed by atoms with Gasteiger partial charge in [-0.3, -0.25) is 4.31 Å². The Morgan fingerprint density at radius 2 is 1.86 bits per heavy atom. The standard InChI is InChI=1S/C20H25NO5S2/c1-5-14-10-15(27-4)6-8-18(14)21(12-13(2)3)28(25,26)16-7-9-19(22)17(11-16)20(23)24/h6-11,13,22H,5,12H2,1-4H3,(H,23,24). The number of hydrogen-bond acceptors (Lipinski definition) is 5. The van der Waals surface area contributed by atoms with E-state index in [2.05, 4.69) is 0 Å². The molecule has 0 amide bonds. The SMILES string of the molecule is CCc1cc(SC)ccc1N(CC(C)C)S(=O)(=O)c1ccc(O)c(C(=O)O)c1. The number of aromatic carboxylic acids is 1. The number of rotatable bonds is 8. The van der Waals surface area contributed by atoms with Gasteiger partial charge in [-0.2, -0.15) is 0 Å². The van der Waals surface area contributed by atoms with Crippen molar-refractivity contribution in [3.63, 3.8) is 0 Å². The summed E-state index contributed by atoms with van der Waals surface area (Å²) in [4.78, 5) is 12.2. The van der Waals surface area contributed by atoms with E-state index in [1.165, 1.54) is 10.4 Å². The molecule has 152 valence electrons. The maximum atomic E-state index is 13.4. The van der Waals surface area contributed by atoms with E-state index in [-0.39, 0.29) is 17.4 Å². The Kier molecular flexibility index (Phi) is 7.01. The number of nitrogens with zero attached hydrogens (tertiary/aromatic N) is 1. The van der Waals surface area contributed by atoms with E-state index in [1.54, 1.807) is 17.8 Å². The van der Waals surface area contributed by atoms with Crippen LogP contribution in [0.4, 0.5) is 5.69 Å². The third kappa shape index (κ3) is 4.62. The van der Waals surface area contributed by atoms with Crippen LogP contribution < -0.4 is 4.31 Å². The van der Waals surface area contributed by atoms with Crippen LogP contribution in [0.3, 0.4) is 0 Å². The van der Waals surface area contributed by atoms with Crippen molar-refractivity contribution in [2.45, 2.75) is 37.0 Å². The molecule has 0 aliphatic heterocycles. The van der Waals surface area contributed by atoms with Crippen molar-refractivity contribution in [2.75, 3.05) is 17.1 Å². The van der Waals surface area contributed by atoms with E-state index in [1.807, 2.05) is 39.2 Å². The van der Waals surface area contributed by atoms with Crippen molar-refractivity contribution in [2.24, 2.45) is 5.92 Å². The monoisotopic (exact) mass is 423 g/mol. The summed E-state index contributed by atoms with van der Waals surface area (Å²) < 4.78 is 28.2. The molecule has 28 heavy (non-hydrogen) atoms. The van der Waals surface area contributed by atoms with Crippen LogP contribution in [0.5, 0.6) is 5.75 Å². The van der Waals surface area contributed by atoms with Crippen molar-refractivity contribution in [3.05, 3.63) is 47.5 Å². The first kappa shape index (κ1) is 22.1. The Labute approximate surface area is 170 Å². The molecule has 0 saturated carbocycles. The van der Waals surface area contributed by atoms with Crippen molar-refractivity contribution in [1.29, 1.82) is 0 Å². The van der Waals surface area contributed by atoms with Gasteiger partial charge in [-0.15, -0.1) is 11.8 Å². The van der Waals surface area contributed by atoms with E-state index >= 15 is 0 Å². The zero-order valence-electron chi connectivity index (χ0n) is 16.3. The fourth-order valence-corrected chi connectivity index (χ4v) is 5.00. The van der Waals surface area contributed by atoms with Gasteiger partial charge in [-0.25, -0.2) is 13.2 Å². The van der Waals surface area contributed by atoms with Crippen LogP contribution in [-0.2, 0) is 16.4 Å². The van der Waals surface area contributed by atoms with Gasteiger partial charge in [-0.05, 0) is 60.6 Å². The number of carboxylic acid groups (broad SMARTS) is 1. The summed E-state index contributed by atoms with van der Waals surface area (Å²) in [6.07, 6.45) is 2.62. The normalized spacial score (nSPS) is 11.6. The average Bonchev–Trinajstić information content (AvgIpc) is 2.65. The Balaban J connectivity index is 2.66. The molecular weight excluding hydrogens is 398 g/mol. The summed E-state index contributed by atoms with van der Waals surface area (Å²) in [5.41, 5.74) is 1.03. The zero-order chi connectivity index (χ0) is 21.1. The summed E-state index contributed by atoms with van der Waals surface area (Å²) in [6.45, 7) is 6.05. The third-order valence-corrected chi connectivity index (χ3v) is 6.75. The lowest BCUT2D eigenvalue weighted by atomic mass is 10.1. The lowest BCUT2D eigenvalue weighted by Crippen LogP contribution is -2.35. The highest BCUT2D eigenvalue weighted by molar-refractivity contribution is 7.98. The van der Waals surface area contributed by atoms with Gasteiger partial charge >= 0.3 is 5.97 Å². The second-order valence-corrected chi connectivity index (χ2v) is 9.50. The Hall–Kier alpha value is -2.19. The molecule has 0 saturated heterocycles. The second-order valence-electron chi connectivity index (χ2n) is 6.76. The van der Waals surface area contributed by atoms with Gasteiger partial charge < -0.3 is 10.2 Å². The van der Waals surface area contributed by atoms with Gasteiger partial charge in [0.05, 0.1) is 10.6 Å². The minimum absolute atomic E-state index is 0.0516. The van der Waals surface area contributed by atoms with Crippen LogP contribution in [0.2, 0.25) is 0 Å². The van der Waals surface area contributed by atoms with E-state index in [9.17, 15) is 23.4 Å².